The first kappa shape index (κ1) is 4.91. The molecule has 2 radical (unpaired) electrons. The maximum atomic E-state index is 5.45. The van der Waals surface area contributed by atoms with Crippen LogP contribution in [-0.2, 0) is 0 Å². The van der Waals surface area contributed by atoms with E-state index in [1.807, 2.05) is 17.7 Å². The van der Waals surface area contributed by atoms with Gasteiger partial charge >= 0.3 is 0 Å². The second kappa shape index (κ2) is 1.70. The Kier molecular flexibility index (Phi) is 1.20. The molecule has 0 amide bonds. The van der Waals surface area contributed by atoms with Gasteiger partial charge in [0.1, 0.15) is 7.85 Å². The van der Waals surface area contributed by atoms with Gasteiger partial charge in [-0.3, -0.25) is 0 Å². The zero-order valence-electron chi connectivity index (χ0n) is 4.14. The van der Waals surface area contributed by atoms with Crippen molar-refractivity contribution in [2.24, 2.45) is 0 Å². The molecular formula is C5H5BS. The standard InChI is InChI=1S/C5H5BS/c1-4-2-7-3-5(4)6/h2-3H,1H3. The molecule has 1 heterocycles. The zero-order chi connectivity index (χ0) is 5.28. The van der Waals surface area contributed by atoms with Crippen LogP contribution >= 0.6 is 11.3 Å². The Labute approximate surface area is 48.6 Å². The van der Waals surface area contributed by atoms with E-state index in [4.69, 9.17) is 7.85 Å². The van der Waals surface area contributed by atoms with E-state index in [2.05, 4.69) is 0 Å². The van der Waals surface area contributed by atoms with Crippen LogP contribution in [0.4, 0.5) is 0 Å². The van der Waals surface area contributed by atoms with Crippen LogP contribution in [0.3, 0.4) is 0 Å². The van der Waals surface area contributed by atoms with Crippen LogP contribution in [0.5, 0.6) is 0 Å². The normalized spacial score (nSPS) is 9.29. The largest absolute Gasteiger partial charge is 0.153 e. The van der Waals surface area contributed by atoms with Crippen LogP contribution in [0.15, 0.2) is 10.8 Å². The van der Waals surface area contributed by atoms with Crippen molar-refractivity contribution in [3.8, 4) is 0 Å². The third-order valence-electron chi connectivity index (χ3n) is 0.895. The van der Waals surface area contributed by atoms with Gasteiger partial charge in [-0.25, -0.2) is 0 Å². The van der Waals surface area contributed by atoms with E-state index in [9.17, 15) is 0 Å². The van der Waals surface area contributed by atoms with Crippen LogP contribution in [0, 0.1) is 6.92 Å². The molecule has 0 saturated heterocycles. The van der Waals surface area contributed by atoms with Crippen LogP contribution in [-0.4, -0.2) is 7.85 Å². The summed E-state index contributed by atoms with van der Waals surface area (Å²) in [6.07, 6.45) is 0. The average molecular weight is 108 g/mol. The first-order valence-electron chi connectivity index (χ1n) is 2.09. The first-order chi connectivity index (χ1) is 3.30. The van der Waals surface area contributed by atoms with Gasteiger partial charge in [0, 0.05) is 0 Å². The Bertz CT molecular complexity index is 140. The first-order valence-corrected chi connectivity index (χ1v) is 3.03. The maximum Gasteiger partial charge on any atom is 0.115 e. The maximum absolute atomic E-state index is 5.45. The molecule has 0 saturated carbocycles. The fourth-order valence-electron chi connectivity index (χ4n) is 0.370. The molecule has 0 fully saturated rings. The monoisotopic (exact) mass is 108 g/mol. The smallest absolute Gasteiger partial charge is 0.115 e. The van der Waals surface area contributed by atoms with Crippen molar-refractivity contribution in [2.75, 3.05) is 0 Å². The van der Waals surface area contributed by atoms with Crippen LogP contribution in [0.2, 0.25) is 0 Å². The molecule has 0 unspecified atom stereocenters. The molecule has 0 N–H and O–H groups in total. The van der Waals surface area contributed by atoms with Gasteiger partial charge in [-0.2, -0.15) is 11.3 Å². The summed E-state index contributed by atoms with van der Waals surface area (Å²) in [5, 5.41) is 3.98. The molecule has 0 aliphatic carbocycles. The lowest BCUT2D eigenvalue weighted by molar-refractivity contribution is 1.60. The lowest BCUT2D eigenvalue weighted by Gasteiger charge is -1.80. The zero-order valence-corrected chi connectivity index (χ0v) is 4.96. The predicted molar refractivity (Wildman–Crippen MR) is 34.4 cm³/mol. The highest BCUT2D eigenvalue weighted by Crippen LogP contribution is 1.97. The summed E-state index contributed by atoms with van der Waals surface area (Å²) in [5.41, 5.74) is 2.09. The van der Waals surface area contributed by atoms with Crippen molar-refractivity contribution >= 4 is 24.6 Å². The van der Waals surface area contributed by atoms with E-state index in [1.165, 1.54) is 5.56 Å². The van der Waals surface area contributed by atoms with Gasteiger partial charge in [0.15, 0.2) is 0 Å². The fraction of sp³-hybridized carbons (Fsp3) is 0.200. The second-order valence-electron chi connectivity index (χ2n) is 1.51. The van der Waals surface area contributed by atoms with Crippen LogP contribution in [0.1, 0.15) is 5.56 Å². The van der Waals surface area contributed by atoms with Crippen molar-refractivity contribution in [3.63, 3.8) is 0 Å². The lowest BCUT2D eigenvalue weighted by Crippen LogP contribution is -1.99. The second-order valence-corrected chi connectivity index (χ2v) is 2.25. The number of rotatable bonds is 0. The molecule has 34 valence electrons. The molecular weight excluding hydrogens is 103 g/mol. The highest BCUT2D eigenvalue weighted by Gasteiger charge is 1.86. The average Bonchev–Trinajstić information content (AvgIpc) is 1.91. The molecule has 1 aromatic rings. The van der Waals surface area contributed by atoms with Crippen molar-refractivity contribution in [3.05, 3.63) is 16.3 Å². The predicted octanol–water partition coefficient (Wildman–Crippen LogP) is 0.850. The molecule has 0 aliphatic heterocycles. The molecule has 2 heteroatoms. The molecule has 7 heavy (non-hydrogen) atoms. The van der Waals surface area contributed by atoms with E-state index in [1.54, 1.807) is 11.3 Å². The third kappa shape index (κ3) is 0.857. The van der Waals surface area contributed by atoms with Crippen LogP contribution < -0.4 is 5.46 Å². The number of thiophene rings is 1. The van der Waals surface area contributed by atoms with Gasteiger partial charge < -0.3 is 0 Å². The number of aryl methyl sites for hydroxylation is 1. The highest BCUT2D eigenvalue weighted by molar-refractivity contribution is 7.09. The molecule has 0 aliphatic rings. The van der Waals surface area contributed by atoms with Gasteiger partial charge in [0.25, 0.3) is 0 Å². The van der Waals surface area contributed by atoms with E-state index in [0.29, 0.717) is 0 Å². The van der Waals surface area contributed by atoms with Crippen molar-refractivity contribution in [1.82, 2.24) is 0 Å². The van der Waals surface area contributed by atoms with Crippen LogP contribution in [0.25, 0.3) is 0 Å². The van der Waals surface area contributed by atoms with Gasteiger partial charge in [0.05, 0.1) is 0 Å². The van der Waals surface area contributed by atoms with E-state index in [-0.39, 0.29) is 0 Å². The Balaban J connectivity index is 3.12. The molecule has 0 spiro atoms. The van der Waals surface area contributed by atoms with Gasteiger partial charge in [-0.1, -0.05) is 5.46 Å². The molecule has 0 bridgehead atoms. The summed E-state index contributed by atoms with van der Waals surface area (Å²) in [7, 11) is 5.45. The summed E-state index contributed by atoms with van der Waals surface area (Å²) in [6.45, 7) is 2.01. The summed E-state index contributed by atoms with van der Waals surface area (Å²) < 4.78 is 0. The van der Waals surface area contributed by atoms with Gasteiger partial charge in [-0.15, -0.1) is 0 Å². The van der Waals surface area contributed by atoms with Crippen molar-refractivity contribution < 1.29 is 0 Å². The minimum atomic E-state index is 0.907. The molecule has 0 nitrogen and oxygen atoms in total. The summed E-state index contributed by atoms with van der Waals surface area (Å²) in [5.74, 6) is 0. The van der Waals surface area contributed by atoms with E-state index >= 15 is 0 Å². The quantitative estimate of drug-likeness (QED) is 0.432. The molecule has 0 atom stereocenters. The summed E-state index contributed by atoms with van der Waals surface area (Å²) >= 11 is 1.64. The SMILES string of the molecule is [B]c1cscc1C. The fourth-order valence-corrected chi connectivity index (χ4v) is 1.11. The minimum absolute atomic E-state index is 0.907. The number of hydrogen-bond donors (Lipinski definition) is 0. The van der Waals surface area contributed by atoms with Gasteiger partial charge in [-0.05, 0) is 23.2 Å². The molecule has 1 rings (SSSR count). The Morgan fingerprint density at radius 1 is 1.57 bits per heavy atom. The lowest BCUT2D eigenvalue weighted by atomic mass is 9.97. The molecule has 0 aromatic carbocycles. The number of hydrogen-bond acceptors (Lipinski definition) is 1. The van der Waals surface area contributed by atoms with Crippen molar-refractivity contribution in [1.29, 1.82) is 0 Å². The van der Waals surface area contributed by atoms with E-state index in [0.717, 1.165) is 5.46 Å². The third-order valence-corrected chi connectivity index (χ3v) is 1.77. The summed E-state index contributed by atoms with van der Waals surface area (Å²) in [6, 6.07) is 0. The summed E-state index contributed by atoms with van der Waals surface area (Å²) in [4.78, 5) is 0. The van der Waals surface area contributed by atoms with Crippen molar-refractivity contribution in [2.45, 2.75) is 6.92 Å². The Hall–Kier alpha value is -0.235. The minimum Gasteiger partial charge on any atom is -0.153 e. The topological polar surface area (TPSA) is 0 Å². The van der Waals surface area contributed by atoms with E-state index < -0.39 is 0 Å². The highest BCUT2D eigenvalue weighted by atomic mass is 32.1. The molecule has 1 aromatic heterocycles. The Morgan fingerprint density at radius 3 is 2.43 bits per heavy atom. The Morgan fingerprint density at radius 2 is 2.29 bits per heavy atom. The van der Waals surface area contributed by atoms with Gasteiger partial charge in [0.2, 0.25) is 0 Å².